The van der Waals surface area contributed by atoms with Gasteiger partial charge in [-0.3, -0.25) is 4.57 Å². The molecule has 0 N–H and O–H groups in total. The van der Waals surface area contributed by atoms with Gasteiger partial charge >= 0.3 is 0 Å². The standard InChI is InChI=1S/C17H16Cl2N2/c1-11-5-3-7-13(19)16(11)21-15(9-10-18)20-14-8-4-6-12(2)17(14)21/h3-8H,9-10H2,1-2H3. The van der Waals surface area contributed by atoms with Crippen LogP contribution in [0.3, 0.4) is 0 Å². The lowest BCUT2D eigenvalue weighted by molar-refractivity contribution is 0.905. The molecule has 1 heterocycles. The Labute approximate surface area is 134 Å². The Kier molecular flexibility index (Phi) is 3.92. The number of aromatic nitrogens is 2. The minimum atomic E-state index is 0.534. The van der Waals surface area contributed by atoms with Gasteiger partial charge in [-0.15, -0.1) is 11.6 Å². The summed E-state index contributed by atoms with van der Waals surface area (Å²) in [5, 5.41) is 0.730. The number of fused-ring (bicyclic) bond motifs is 1. The zero-order valence-corrected chi connectivity index (χ0v) is 13.5. The average Bonchev–Trinajstić information content (AvgIpc) is 2.79. The molecule has 0 unspecified atom stereocenters. The zero-order chi connectivity index (χ0) is 15.0. The van der Waals surface area contributed by atoms with Crippen molar-refractivity contribution in [3.05, 3.63) is 58.4 Å². The minimum absolute atomic E-state index is 0.534. The third-order valence-electron chi connectivity index (χ3n) is 3.68. The van der Waals surface area contributed by atoms with E-state index in [9.17, 15) is 0 Å². The molecule has 1 aromatic heterocycles. The van der Waals surface area contributed by atoms with Crippen molar-refractivity contribution in [1.82, 2.24) is 9.55 Å². The molecule has 21 heavy (non-hydrogen) atoms. The molecule has 3 rings (SSSR count). The highest BCUT2D eigenvalue weighted by atomic mass is 35.5. The van der Waals surface area contributed by atoms with Gasteiger partial charge in [0.2, 0.25) is 0 Å². The van der Waals surface area contributed by atoms with E-state index in [1.807, 2.05) is 24.3 Å². The maximum Gasteiger partial charge on any atom is 0.115 e. The van der Waals surface area contributed by atoms with E-state index in [1.54, 1.807) is 0 Å². The van der Waals surface area contributed by atoms with E-state index in [0.717, 1.165) is 33.1 Å². The molecule has 0 radical (unpaired) electrons. The van der Waals surface area contributed by atoms with Gasteiger partial charge in [-0.2, -0.15) is 0 Å². The van der Waals surface area contributed by atoms with Crippen LogP contribution in [0, 0.1) is 13.8 Å². The molecule has 108 valence electrons. The number of hydrogen-bond acceptors (Lipinski definition) is 1. The normalized spacial score (nSPS) is 11.2. The molecular weight excluding hydrogens is 303 g/mol. The van der Waals surface area contributed by atoms with Crippen LogP contribution in [0.4, 0.5) is 0 Å². The lowest BCUT2D eigenvalue weighted by atomic mass is 10.1. The highest BCUT2D eigenvalue weighted by Crippen LogP contribution is 2.31. The maximum absolute atomic E-state index is 6.46. The van der Waals surface area contributed by atoms with Gasteiger partial charge in [-0.05, 0) is 37.1 Å². The molecule has 4 heteroatoms. The molecule has 2 nitrogen and oxygen atoms in total. The second-order valence-corrected chi connectivity index (χ2v) is 5.94. The highest BCUT2D eigenvalue weighted by molar-refractivity contribution is 6.32. The third-order valence-corrected chi connectivity index (χ3v) is 4.17. The number of para-hydroxylation sites is 2. The molecule has 0 spiro atoms. The van der Waals surface area contributed by atoms with Crippen molar-refractivity contribution in [2.75, 3.05) is 5.88 Å². The number of halogens is 2. The number of nitrogens with zero attached hydrogens (tertiary/aromatic N) is 2. The fourth-order valence-corrected chi connectivity index (χ4v) is 3.22. The molecule has 2 aromatic carbocycles. The summed E-state index contributed by atoms with van der Waals surface area (Å²) in [4.78, 5) is 4.74. The first-order valence-corrected chi connectivity index (χ1v) is 7.83. The van der Waals surface area contributed by atoms with Crippen LogP contribution in [0.5, 0.6) is 0 Å². The molecule has 0 saturated carbocycles. The highest BCUT2D eigenvalue weighted by Gasteiger charge is 2.17. The van der Waals surface area contributed by atoms with E-state index in [-0.39, 0.29) is 0 Å². The van der Waals surface area contributed by atoms with Crippen molar-refractivity contribution in [3.63, 3.8) is 0 Å². The predicted molar refractivity (Wildman–Crippen MR) is 90.0 cm³/mol. The predicted octanol–water partition coefficient (Wildman–Crippen LogP) is 5.08. The Hall–Kier alpha value is -1.51. The fraction of sp³-hybridized carbons (Fsp3) is 0.235. The van der Waals surface area contributed by atoms with Crippen molar-refractivity contribution in [3.8, 4) is 5.69 Å². The molecular formula is C17H16Cl2N2. The van der Waals surface area contributed by atoms with Gasteiger partial charge in [0.05, 0.1) is 21.7 Å². The largest absolute Gasteiger partial charge is 0.294 e. The van der Waals surface area contributed by atoms with Gasteiger partial charge in [0.1, 0.15) is 5.82 Å². The Morgan fingerprint density at radius 3 is 2.48 bits per heavy atom. The van der Waals surface area contributed by atoms with E-state index in [4.69, 9.17) is 28.2 Å². The smallest absolute Gasteiger partial charge is 0.115 e. The summed E-state index contributed by atoms with van der Waals surface area (Å²) in [6, 6.07) is 12.1. The summed E-state index contributed by atoms with van der Waals surface area (Å²) in [5.74, 6) is 1.48. The first-order valence-electron chi connectivity index (χ1n) is 6.92. The van der Waals surface area contributed by atoms with E-state index in [1.165, 1.54) is 5.56 Å². The molecule has 0 aliphatic rings. The molecule has 0 atom stereocenters. The molecule has 0 saturated heterocycles. The number of rotatable bonds is 3. The Balaban J connectivity index is 2.42. The van der Waals surface area contributed by atoms with Gasteiger partial charge in [-0.1, -0.05) is 35.9 Å². The zero-order valence-electron chi connectivity index (χ0n) is 12.0. The van der Waals surface area contributed by atoms with Crippen LogP contribution in [0.15, 0.2) is 36.4 Å². The van der Waals surface area contributed by atoms with E-state index >= 15 is 0 Å². The molecule has 0 amide bonds. The number of benzene rings is 2. The molecule has 3 aromatic rings. The second kappa shape index (κ2) is 5.70. The van der Waals surface area contributed by atoms with E-state index in [2.05, 4.69) is 30.5 Å². The van der Waals surface area contributed by atoms with Crippen LogP contribution in [0.1, 0.15) is 17.0 Å². The average molecular weight is 319 g/mol. The molecule has 0 bridgehead atoms. The van der Waals surface area contributed by atoms with Gasteiger partial charge in [0.15, 0.2) is 0 Å². The minimum Gasteiger partial charge on any atom is -0.294 e. The van der Waals surface area contributed by atoms with Crippen LogP contribution < -0.4 is 0 Å². The van der Waals surface area contributed by atoms with E-state index in [0.29, 0.717) is 12.3 Å². The van der Waals surface area contributed by atoms with Crippen molar-refractivity contribution >= 4 is 34.2 Å². The fourth-order valence-electron chi connectivity index (χ4n) is 2.74. The number of hydrogen-bond donors (Lipinski definition) is 0. The van der Waals surface area contributed by atoms with Crippen LogP contribution in [-0.4, -0.2) is 15.4 Å². The van der Waals surface area contributed by atoms with Crippen LogP contribution in [0.25, 0.3) is 16.7 Å². The quantitative estimate of drug-likeness (QED) is 0.616. The SMILES string of the molecule is Cc1cccc(Cl)c1-n1c(CCCl)nc2cccc(C)c21. The maximum atomic E-state index is 6.46. The summed E-state index contributed by atoms with van der Waals surface area (Å²) in [6.07, 6.45) is 0.709. The van der Waals surface area contributed by atoms with Gasteiger partial charge in [0, 0.05) is 12.3 Å². The van der Waals surface area contributed by atoms with Crippen molar-refractivity contribution in [2.45, 2.75) is 20.3 Å². The number of alkyl halides is 1. The molecule has 0 aliphatic carbocycles. The monoisotopic (exact) mass is 318 g/mol. The first kappa shape index (κ1) is 14.4. The summed E-state index contributed by atoms with van der Waals surface area (Å²) in [6.45, 7) is 4.16. The summed E-state index contributed by atoms with van der Waals surface area (Å²) in [5.41, 5.74) is 5.39. The van der Waals surface area contributed by atoms with Gasteiger partial charge < -0.3 is 0 Å². The number of aryl methyl sites for hydroxylation is 3. The summed E-state index contributed by atoms with van der Waals surface area (Å²) in [7, 11) is 0. The van der Waals surface area contributed by atoms with Gasteiger partial charge in [-0.25, -0.2) is 4.98 Å². The lowest BCUT2D eigenvalue weighted by Crippen LogP contribution is -2.05. The molecule has 0 aliphatic heterocycles. The van der Waals surface area contributed by atoms with Crippen molar-refractivity contribution < 1.29 is 0 Å². The lowest BCUT2D eigenvalue weighted by Gasteiger charge is -2.14. The summed E-state index contributed by atoms with van der Waals surface area (Å²) >= 11 is 12.4. The van der Waals surface area contributed by atoms with E-state index < -0.39 is 0 Å². The summed E-state index contributed by atoms with van der Waals surface area (Å²) < 4.78 is 2.16. The van der Waals surface area contributed by atoms with Crippen molar-refractivity contribution in [2.24, 2.45) is 0 Å². The second-order valence-electron chi connectivity index (χ2n) is 5.15. The van der Waals surface area contributed by atoms with Crippen molar-refractivity contribution in [1.29, 1.82) is 0 Å². The topological polar surface area (TPSA) is 17.8 Å². The Bertz CT molecular complexity index is 786. The van der Waals surface area contributed by atoms with Crippen LogP contribution in [-0.2, 0) is 6.42 Å². The van der Waals surface area contributed by atoms with Crippen LogP contribution >= 0.6 is 23.2 Å². The number of imidazole rings is 1. The first-order chi connectivity index (χ1) is 10.1. The van der Waals surface area contributed by atoms with Crippen LogP contribution in [0.2, 0.25) is 5.02 Å². The third kappa shape index (κ3) is 2.43. The Morgan fingerprint density at radius 2 is 1.76 bits per heavy atom. The van der Waals surface area contributed by atoms with Gasteiger partial charge in [0.25, 0.3) is 0 Å². The molecule has 0 fully saturated rings. The Morgan fingerprint density at radius 1 is 1.05 bits per heavy atom.